The summed E-state index contributed by atoms with van der Waals surface area (Å²) in [5, 5.41) is 16.8. The van der Waals surface area contributed by atoms with Gasteiger partial charge < -0.3 is 10.6 Å². The fraction of sp³-hybridized carbons (Fsp3) is 0.235. The molecular weight excluding hydrogens is 330 g/mol. The Morgan fingerprint density at radius 1 is 1.17 bits per heavy atom. The molecule has 1 atom stereocenters. The SMILES string of the molecule is Cc1ccc(NC(C)C(=O)Nc2cc([N+](=O)[O-])ccc2Cl)c(C)c1. The number of benzene rings is 2. The van der Waals surface area contributed by atoms with Gasteiger partial charge in [0.15, 0.2) is 0 Å². The lowest BCUT2D eigenvalue weighted by atomic mass is 10.1. The molecule has 0 aliphatic rings. The summed E-state index contributed by atoms with van der Waals surface area (Å²) < 4.78 is 0. The average molecular weight is 348 g/mol. The molecule has 0 fully saturated rings. The largest absolute Gasteiger partial charge is 0.374 e. The van der Waals surface area contributed by atoms with E-state index < -0.39 is 11.0 Å². The van der Waals surface area contributed by atoms with E-state index in [0.29, 0.717) is 0 Å². The van der Waals surface area contributed by atoms with Crippen molar-refractivity contribution in [2.75, 3.05) is 10.6 Å². The van der Waals surface area contributed by atoms with Crippen LogP contribution in [0.15, 0.2) is 36.4 Å². The van der Waals surface area contributed by atoms with Crippen LogP contribution in [-0.4, -0.2) is 16.9 Å². The van der Waals surface area contributed by atoms with Gasteiger partial charge in [-0.1, -0.05) is 29.3 Å². The number of carbonyl (C=O) groups excluding carboxylic acids is 1. The zero-order valence-electron chi connectivity index (χ0n) is 13.6. The Labute approximate surface area is 145 Å². The number of non-ortho nitro benzene ring substituents is 1. The van der Waals surface area contributed by atoms with E-state index >= 15 is 0 Å². The second kappa shape index (κ2) is 7.31. The number of aryl methyl sites for hydroxylation is 2. The molecule has 2 N–H and O–H groups in total. The highest BCUT2D eigenvalue weighted by Gasteiger charge is 2.17. The molecule has 2 aromatic carbocycles. The van der Waals surface area contributed by atoms with Gasteiger partial charge in [-0.25, -0.2) is 0 Å². The predicted molar refractivity (Wildman–Crippen MR) is 95.7 cm³/mol. The predicted octanol–water partition coefficient (Wildman–Crippen LogP) is 4.30. The van der Waals surface area contributed by atoms with E-state index in [1.807, 2.05) is 32.0 Å². The number of nitrogens with zero attached hydrogens (tertiary/aromatic N) is 1. The van der Waals surface area contributed by atoms with Gasteiger partial charge in [0, 0.05) is 17.8 Å². The summed E-state index contributed by atoms with van der Waals surface area (Å²) in [6.07, 6.45) is 0. The van der Waals surface area contributed by atoms with Gasteiger partial charge in [-0.05, 0) is 38.5 Å². The fourth-order valence-corrected chi connectivity index (χ4v) is 2.40. The van der Waals surface area contributed by atoms with Crippen LogP contribution in [0, 0.1) is 24.0 Å². The highest BCUT2D eigenvalue weighted by atomic mass is 35.5. The van der Waals surface area contributed by atoms with Crippen molar-refractivity contribution in [3.05, 3.63) is 62.7 Å². The van der Waals surface area contributed by atoms with Gasteiger partial charge in [0.25, 0.3) is 5.69 Å². The van der Waals surface area contributed by atoms with Gasteiger partial charge in [0.2, 0.25) is 5.91 Å². The highest BCUT2D eigenvalue weighted by Crippen LogP contribution is 2.27. The first kappa shape index (κ1) is 17.7. The van der Waals surface area contributed by atoms with Crippen LogP contribution in [0.25, 0.3) is 0 Å². The van der Waals surface area contributed by atoms with Crippen molar-refractivity contribution in [2.45, 2.75) is 26.8 Å². The van der Waals surface area contributed by atoms with Crippen LogP contribution >= 0.6 is 11.6 Å². The summed E-state index contributed by atoms with van der Waals surface area (Å²) in [5.74, 6) is -0.336. The van der Waals surface area contributed by atoms with Crippen LogP contribution in [-0.2, 0) is 4.79 Å². The molecule has 24 heavy (non-hydrogen) atoms. The number of carbonyl (C=O) groups is 1. The lowest BCUT2D eigenvalue weighted by Gasteiger charge is -2.17. The average Bonchev–Trinajstić information content (AvgIpc) is 2.51. The fourth-order valence-electron chi connectivity index (χ4n) is 2.24. The number of halogens is 1. The molecule has 2 aromatic rings. The van der Waals surface area contributed by atoms with E-state index in [0.717, 1.165) is 16.8 Å². The van der Waals surface area contributed by atoms with E-state index in [4.69, 9.17) is 11.6 Å². The first-order chi connectivity index (χ1) is 11.3. The third-order valence-electron chi connectivity index (χ3n) is 3.57. The van der Waals surface area contributed by atoms with Crippen molar-refractivity contribution in [1.29, 1.82) is 0 Å². The molecule has 0 aliphatic carbocycles. The Bertz CT molecular complexity index is 793. The number of nitro groups is 1. The maximum absolute atomic E-state index is 12.3. The quantitative estimate of drug-likeness (QED) is 0.623. The molecule has 0 heterocycles. The third kappa shape index (κ3) is 4.23. The van der Waals surface area contributed by atoms with Crippen molar-refractivity contribution in [2.24, 2.45) is 0 Å². The Balaban J connectivity index is 2.11. The summed E-state index contributed by atoms with van der Waals surface area (Å²) in [5.41, 5.74) is 3.10. The zero-order chi connectivity index (χ0) is 17.9. The van der Waals surface area contributed by atoms with Gasteiger partial charge in [-0.15, -0.1) is 0 Å². The number of amides is 1. The molecule has 1 unspecified atom stereocenters. The molecule has 0 radical (unpaired) electrons. The van der Waals surface area contributed by atoms with Crippen LogP contribution in [0.2, 0.25) is 5.02 Å². The van der Waals surface area contributed by atoms with Crippen LogP contribution in [0.1, 0.15) is 18.1 Å². The molecule has 6 nitrogen and oxygen atoms in total. The van der Waals surface area contributed by atoms with Crippen LogP contribution in [0.5, 0.6) is 0 Å². The molecule has 0 aromatic heterocycles. The van der Waals surface area contributed by atoms with Gasteiger partial charge in [-0.2, -0.15) is 0 Å². The first-order valence-corrected chi connectivity index (χ1v) is 7.74. The third-order valence-corrected chi connectivity index (χ3v) is 3.90. The summed E-state index contributed by atoms with van der Waals surface area (Å²) >= 11 is 5.99. The zero-order valence-corrected chi connectivity index (χ0v) is 14.3. The smallest absolute Gasteiger partial charge is 0.271 e. The van der Waals surface area contributed by atoms with E-state index in [1.165, 1.54) is 18.2 Å². The Hall–Kier alpha value is -2.60. The number of hydrogen-bond donors (Lipinski definition) is 2. The maximum Gasteiger partial charge on any atom is 0.271 e. The second-order valence-corrected chi connectivity index (χ2v) is 6.00. The van der Waals surface area contributed by atoms with E-state index in [9.17, 15) is 14.9 Å². The Kier molecular flexibility index (Phi) is 5.41. The van der Waals surface area contributed by atoms with Crippen LogP contribution < -0.4 is 10.6 Å². The normalized spacial score (nSPS) is 11.7. The van der Waals surface area contributed by atoms with Crippen molar-refractivity contribution in [1.82, 2.24) is 0 Å². The molecule has 126 valence electrons. The van der Waals surface area contributed by atoms with Crippen molar-refractivity contribution in [3.63, 3.8) is 0 Å². The molecule has 7 heteroatoms. The topological polar surface area (TPSA) is 84.3 Å². The lowest BCUT2D eigenvalue weighted by Crippen LogP contribution is -2.32. The summed E-state index contributed by atoms with van der Waals surface area (Å²) in [6, 6.07) is 9.26. The van der Waals surface area contributed by atoms with E-state index in [1.54, 1.807) is 6.92 Å². The van der Waals surface area contributed by atoms with Crippen molar-refractivity contribution >= 4 is 34.6 Å². The number of nitrogens with one attached hydrogen (secondary N) is 2. The van der Waals surface area contributed by atoms with Crippen LogP contribution in [0.3, 0.4) is 0 Å². The van der Waals surface area contributed by atoms with E-state index in [2.05, 4.69) is 10.6 Å². The summed E-state index contributed by atoms with van der Waals surface area (Å²) in [4.78, 5) is 22.6. The molecule has 0 saturated heterocycles. The number of nitro benzene ring substituents is 1. The number of hydrogen-bond acceptors (Lipinski definition) is 4. The minimum atomic E-state index is -0.540. The summed E-state index contributed by atoms with van der Waals surface area (Å²) in [6.45, 7) is 5.66. The maximum atomic E-state index is 12.3. The summed E-state index contributed by atoms with van der Waals surface area (Å²) in [7, 11) is 0. The standard InChI is InChI=1S/C17H18ClN3O3/c1-10-4-7-15(11(2)8-10)19-12(3)17(22)20-16-9-13(21(23)24)5-6-14(16)18/h4-9,12,19H,1-3H3,(H,20,22). The minimum Gasteiger partial charge on any atom is -0.374 e. The molecule has 0 aliphatic heterocycles. The molecule has 1 amide bonds. The van der Waals surface area contributed by atoms with Gasteiger partial charge in [0.05, 0.1) is 15.6 Å². The Morgan fingerprint density at radius 3 is 2.50 bits per heavy atom. The molecule has 0 saturated carbocycles. The molecule has 0 bridgehead atoms. The number of anilines is 2. The molecule has 2 rings (SSSR count). The Morgan fingerprint density at radius 2 is 1.88 bits per heavy atom. The monoisotopic (exact) mass is 347 g/mol. The minimum absolute atomic E-state index is 0.135. The highest BCUT2D eigenvalue weighted by molar-refractivity contribution is 6.33. The van der Waals surface area contributed by atoms with Gasteiger partial charge in [0.1, 0.15) is 6.04 Å². The van der Waals surface area contributed by atoms with Gasteiger partial charge in [-0.3, -0.25) is 14.9 Å². The lowest BCUT2D eigenvalue weighted by molar-refractivity contribution is -0.384. The van der Waals surface area contributed by atoms with Crippen LogP contribution in [0.4, 0.5) is 17.1 Å². The first-order valence-electron chi connectivity index (χ1n) is 7.36. The molecule has 0 spiro atoms. The van der Waals surface area contributed by atoms with Crippen molar-refractivity contribution in [3.8, 4) is 0 Å². The second-order valence-electron chi connectivity index (χ2n) is 5.59. The van der Waals surface area contributed by atoms with Gasteiger partial charge >= 0.3 is 0 Å². The number of rotatable bonds is 5. The van der Waals surface area contributed by atoms with Crippen molar-refractivity contribution < 1.29 is 9.72 Å². The molecular formula is C17H18ClN3O3. The van der Waals surface area contributed by atoms with E-state index in [-0.39, 0.29) is 22.3 Å².